The quantitative estimate of drug-likeness (QED) is 0.171. The number of rotatable bonds is 7. The first-order valence-electron chi connectivity index (χ1n) is 14.5. The summed E-state index contributed by atoms with van der Waals surface area (Å²) in [6.07, 6.45) is 25.5. The molecule has 208 valence electrons. The molecule has 7 heteroatoms. The van der Waals surface area contributed by atoms with E-state index in [4.69, 9.17) is 0 Å². The van der Waals surface area contributed by atoms with E-state index in [2.05, 4.69) is 57.6 Å². The Morgan fingerprint density at radius 2 is 1.59 bits per heavy atom. The normalized spacial score (nSPS) is 23.9. The summed E-state index contributed by atoms with van der Waals surface area (Å²) in [7, 11) is -0.693. The van der Waals surface area contributed by atoms with Crippen LogP contribution in [0.25, 0.3) is 0 Å². The van der Waals surface area contributed by atoms with Crippen LogP contribution in [0.1, 0.15) is 89.9 Å². The van der Waals surface area contributed by atoms with Gasteiger partial charge in [0.2, 0.25) is 0 Å². The van der Waals surface area contributed by atoms with Crippen LogP contribution >= 0.6 is 7.92 Å². The van der Waals surface area contributed by atoms with Crippen molar-refractivity contribution in [3.05, 3.63) is 60.5 Å². The van der Waals surface area contributed by atoms with Gasteiger partial charge in [-0.05, 0) is 50.7 Å². The summed E-state index contributed by atoms with van der Waals surface area (Å²) < 4.78 is 0. The van der Waals surface area contributed by atoms with Crippen LogP contribution in [0.2, 0.25) is 0 Å². The summed E-state index contributed by atoms with van der Waals surface area (Å²) in [5.74, 6) is 0.751. The van der Waals surface area contributed by atoms with E-state index in [0.717, 1.165) is 18.5 Å². The monoisotopic (exact) mass is 615 g/mol. The molecule has 3 fully saturated rings. The maximum Gasteiger partial charge on any atom is 0.131 e. The number of hydrogen-bond donors (Lipinski definition) is 2. The largest absolute Gasteiger partial charge is 0.870 e. The molecule has 2 N–H and O–H groups in total. The Morgan fingerprint density at radius 1 is 0.892 bits per heavy atom. The third-order valence-electron chi connectivity index (χ3n) is 7.96. The van der Waals surface area contributed by atoms with E-state index in [9.17, 15) is 5.11 Å². The molecule has 5 nitrogen and oxygen atoms in total. The first-order valence-corrected chi connectivity index (χ1v) is 16.3. The van der Waals surface area contributed by atoms with Crippen molar-refractivity contribution in [2.45, 2.75) is 108 Å². The van der Waals surface area contributed by atoms with Crippen molar-refractivity contribution in [1.29, 1.82) is 0 Å². The van der Waals surface area contributed by atoms with Gasteiger partial charge >= 0.3 is 0 Å². The Labute approximate surface area is 239 Å². The molecule has 0 spiro atoms. The van der Waals surface area contributed by atoms with E-state index >= 15 is 0 Å². The minimum absolute atomic E-state index is 0. The average Bonchev–Trinajstić information content (AvgIpc) is 2.96. The fourth-order valence-electron chi connectivity index (χ4n) is 5.82. The van der Waals surface area contributed by atoms with Crippen LogP contribution in [0.5, 0.6) is 0 Å². The van der Waals surface area contributed by atoms with Crippen LogP contribution < -0.4 is 21.0 Å². The number of dihydropyridines is 1. The molecule has 1 heterocycles. The number of hydrogen-bond acceptors (Lipinski definition) is 5. The van der Waals surface area contributed by atoms with Crippen LogP contribution in [0.3, 0.4) is 0 Å². The van der Waals surface area contributed by atoms with Crippen molar-refractivity contribution >= 4 is 13.2 Å². The van der Waals surface area contributed by atoms with E-state index in [1.807, 2.05) is 6.08 Å². The second kappa shape index (κ2) is 17.4. The number of benzene rings is 1. The Balaban J connectivity index is 0.000000220. The van der Waals surface area contributed by atoms with Crippen molar-refractivity contribution in [3.63, 3.8) is 0 Å². The third kappa shape index (κ3) is 10.5. The smallest absolute Gasteiger partial charge is 0.131 e. The van der Waals surface area contributed by atoms with Gasteiger partial charge in [0.1, 0.15) is 6.29 Å². The van der Waals surface area contributed by atoms with Crippen LogP contribution in [-0.4, -0.2) is 30.6 Å². The molecule has 3 aliphatic carbocycles. The van der Waals surface area contributed by atoms with E-state index < -0.39 is 7.92 Å². The van der Waals surface area contributed by atoms with Gasteiger partial charge in [-0.2, -0.15) is 11.5 Å². The maximum absolute atomic E-state index is 11.9. The van der Waals surface area contributed by atoms with Gasteiger partial charge in [-0.25, -0.2) is 5.11 Å². The zero-order valence-electron chi connectivity index (χ0n) is 22.3. The van der Waals surface area contributed by atoms with E-state index in [-0.39, 0.29) is 26.2 Å². The van der Waals surface area contributed by atoms with Gasteiger partial charge in [0.15, 0.2) is 0 Å². The van der Waals surface area contributed by atoms with Crippen molar-refractivity contribution in [2.24, 2.45) is 10.2 Å². The number of azo groups is 1. The van der Waals surface area contributed by atoms with Gasteiger partial charge in [0.25, 0.3) is 0 Å². The molecule has 0 saturated heterocycles. The van der Waals surface area contributed by atoms with Crippen LogP contribution in [0.15, 0.2) is 64.3 Å². The molecule has 1 aromatic rings. The molecule has 3 saturated carbocycles. The number of nitrogens with zero attached hydrogens (tertiary/aromatic N) is 2. The Kier molecular flexibility index (Phi) is 14.3. The molecule has 1 aromatic carbocycles. The van der Waals surface area contributed by atoms with Crippen molar-refractivity contribution in [2.75, 3.05) is 12.8 Å². The summed E-state index contributed by atoms with van der Waals surface area (Å²) in [6, 6.07) is 11.9. The van der Waals surface area contributed by atoms with Gasteiger partial charge in [0, 0.05) is 27.0 Å². The molecule has 37 heavy (non-hydrogen) atoms. The summed E-state index contributed by atoms with van der Waals surface area (Å²) >= 11 is 0. The van der Waals surface area contributed by atoms with E-state index in [0.29, 0.717) is 17.9 Å². The first-order chi connectivity index (χ1) is 17.8. The molecule has 1 aliphatic heterocycles. The minimum Gasteiger partial charge on any atom is -0.870 e. The second-order valence-electron chi connectivity index (χ2n) is 10.7. The summed E-state index contributed by atoms with van der Waals surface area (Å²) in [4.78, 5) is 0. The summed E-state index contributed by atoms with van der Waals surface area (Å²) in [5, 5.41) is 28.9. The standard InChI is InChI=1S/C18H25N2OP.C12H21N2.Pd/c21-17-12-7-13-19-18(17)20-14-22(15-8-3-1-4-9-15)16-10-5-2-6-11-16;1-3-7-11(8-4-1)13-14-12-9-5-2-6-10-12;/h1,3-4,7-9,12,16,19-21H,2,5-6,10-11,13-14H2;7,11-12H,1-6,8-10H2;/q;-1;. The van der Waals surface area contributed by atoms with Gasteiger partial charge in [-0.15, -0.1) is 0 Å². The fraction of sp³-hybridized carbons (Fsp3) is 0.633. The Bertz CT molecular complexity index is 824. The number of allylic oxidation sites excluding steroid dienone is 1. The van der Waals surface area contributed by atoms with E-state index in [1.54, 1.807) is 6.08 Å². The first kappa shape index (κ1) is 30.3. The predicted molar refractivity (Wildman–Crippen MR) is 152 cm³/mol. The molecule has 0 aromatic heterocycles. The SMILES string of the molecule is [CH-]1CCCCC1N=NC1CCCCC1.[O-]C1=C(NC[PH+](c2ccccc2)C2CCCCC2)NCC=C1.[Pd]. The van der Waals surface area contributed by atoms with Crippen LogP contribution in [0.4, 0.5) is 0 Å². The molecule has 0 amide bonds. The molecule has 2 atom stereocenters. The Morgan fingerprint density at radius 3 is 2.27 bits per heavy atom. The van der Waals surface area contributed by atoms with Gasteiger partial charge in [-0.1, -0.05) is 87.1 Å². The van der Waals surface area contributed by atoms with E-state index in [1.165, 1.54) is 95.2 Å². The average molecular weight is 616 g/mol. The second-order valence-corrected chi connectivity index (χ2v) is 13.5. The third-order valence-corrected chi connectivity index (χ3v) is 11.2. The topological polar surface area (TPSA) is 71.8 Å². The van der Waals surface area contributed by atoms with Gasteiger partial charge < -0.3 is 22.2 Å². The van der Waals surface area contributed by atoms with Crippen molar-refractivity contribution < 1.29 is 25.5 Å². The summed E-state index contributed by atoms with van der Waals surface area (Å²) in [6.45, 7) is 0.741. The number of nitrogens with one attached hydrogen (secondary N) is 2. The van der Waals surface area contributed by atoms with Gasteiger partial charge in [-0.3, -0.25) is 0 Å². The molecule has 0 radical (unpaired) electrons. The van der Waals surface area contributed by atoms with Crippen molar-refractivity contribution in [1.82, 2.24) is 10.6 Å². The molecular weight excluding hydrogens is 570 g/mol. The summed E-state index contributed by atoms with van der Waals surface area (Å²) in [5.41, 5.74) is 0.823. The zero-order chi connectivity index (χ0) is 24.8. The van der Waals surface area contributed by atoms with Gasteiger partial charge in [0.05, 0.1) is 30.7 Å². The fourth-order valence-corrected chi connectivity index (χ4v) is 8.88. The molecule has 0 bridgehead atoms. The van der Waals surface area contributed by atoms with Crippen LogP contribution in [-0.2, 0) is 20.4 Å². The van der Waals surface area contributed by atoms with Crippen LogP contribution in [0, 0.1) is 6.42 Å². The predicted octanol–water partition coefficient (Wildman–Crippen LogP) is 6.01. The molecule has 2 unspecified atom stereocenters. The molecule has 5 rings (SSSR count). The van der Waals surface area contributed by atoms with Crippen molar-refractivity contribution in [3.8, 4) is 0 Å². The molecular formula is C30H46N4OPPd-. The zero-order valence-corrected chi connectivity index (χ0v) is 24.8. The minimum atomic E-state index is -0.693. The maximum atomic E-state index is 11.9. The molecule has 4 aliphatic rings. The Hall–Kier alpha value is -1.21.